The van der Waals surface area contributed by atoms with Crippen LogP contribution < -0.4 is 4.74 Å². The topological polar surface area (TPSA) is 53.1 Å². The third kappa shape index (κ3) is 4.57. The van der Waals surface area contributed by atoms with Gasteiger partial charge in [0.2, 0.25) is 5.91 Å². The molecule has 0 bridgehead atoms. The van der Waals surface area contributed by atoms with Crippen LogP contribution in [0.2, 0.25) is 0 Å². The van der Waals surface area contributed by atoms with Crippen LogP contribution in [0.1, 0.15) is 63.0 Å². The number of carbonyl (C=O) groups excluding carboxylic acids is 2. The maximum Gasteiger partial charge on any atom is 0.320 e. The summed E-state index contributed by atoms with van der Waals surface area (Å²) in [6, 6.07) is 8.42. The van der Waals surface area contributed by atoms with Crippen LogP contribution in [0.3, 0.4) is 0 Å². The van der Waals surface area contributed by atoms with E-state index in [1.807, 2.05) is 21.9 Å². The number of likely N-dealkylation sites (tertiary alicyclic amines) is 3. The van der Waals surface area contributed by atoms with Crippen molar-refractivity contribution in [2.24, 2.45) is 5.92 Å². The van der Waals surface area contributed by atoms with Crippen molar-refractivity contribution in [3.8, 4) is 5.75 Å². The highest BCUT2D eigenvalue weighted by Crippen LogP contribution is 2.33. The van der Waals surface area contributed by atoms with Gasteiger partial charge in [-0.2, -0.15) is 0 Å². The second-order valence-electron chi connectivity index (χ2n) is 8.93. The summed E-state index contributed by atoms with van der Waals surface area (Å²) in [5, 5.41) is 0. The summed E-state index contributed by atoms with van der Waals surface area (Å²) in [6.07, 6.45) is 8.36. The van der Waals surface area contributed by atoms with Crippen LogP contribution in [0.15, 0.2) is 24.3 Å². The lowest BCUT2D eigenvalue weighted by molar-refractivity contribution is -0.139. The van der Waals surface area contributed by atoms with Gasteiger partial charge in [0.25, 0.3) is 0 Å². The maximum absolute atomic E-state index is 13.7. The number of methoxy groups -OCH3 is 1. The Kier molecular flexibility index (Phi) is 6.80. The van der Waals surface area contributed by atoms with E-state index in [2.05, 4.69) is 17.0 Å². The first-order valence-electron chi connectivity index (χ1n) is 11.7. The van der Waals surface area contributed by atoms with Gasteiger partial charge in [-0.3, -0.25) is 4.79 Å². The van der Waals surface area contributed by atoms with E-state index in [0.717, 1.165) is 76.9 Å². The molecule has 0 aromatic heterocycles. The molecule has 0 saturated carbocycles. The molecular weight excluding hydrogens is 378 g/mol. The lowest BCUT2D eigenvalue weighted by Crippen LogP contribution is -2.50. The van der Waals surface area contributed by atoms with Crippen molar-refractivity contribution in [3.63, 3.8) is 0 Å². The number of carbonyl (C=O) groups is 2. The van der Waals surface area contributed by atoms with Crippen LogP contribution in [-0.4, -0.2) is 66.5 Å². The number of benzene rings is 1. The largest absolute Gasteiger partial charge is 0.497 e. The smallest absolute Gasteiger partial charge is 0.320 e. The average molecular weight is 414 g/mol. The van der Waals surface area contributed by atoms with Crippen molar-refractivity contribution < 1.29 is 14.3 Å². The fourth-order valence-corrected chi connectivity index (χ4v) is 5.24. The van der Waals surface area contributed by atoms with E-state index in [9.17, 15) is 9.59 Å². The molecule has 3 aliphatic rings. The van der Waals surface area contributed by atoms with Gasteiger partial charge in [0.1, 0.15) is 5.75 Å². The minimum absolute atomic E-state index is 0.0795. The number of ether oxygens (including phenoxy) is 1. The maximum atomic E-state index is 13.7. The molecule has 0 N–H and O–H groups in total. The lowest BCUT2D eigenvalue weighted by Gasteiger charge is -2.38. The van der Waals surface area contributed by atoms with Gasteiger partial charge >= 0.3 is 6.03 Å². The van der Waals surface area contributed by atoms with Gasteiger partial charge in [0.15, 0.2) is 0 Å². The summed E-state index contributed by atoms with van der Waals surface area (Å²) >= 11 is 0. The molecule has 6 nitrogen and oxygen atoms in total. The number of nitrogens with zero attached hydrogens (tertiary/aromatic N) is 3. The Hall–Kier alpha value is -2.24. The van der Waals surface area contributed by atoms with E-state index in [4.69, 9.17) is 4.74 Å². The number of hydrogen-bond donors (Lipinski definition) is 0. The van der Waals surface area contributed by atoms with Gasteiger partial charge in [-0.1, -0.05) is 25.0 Å². The molecule has 3 fully saturated rings. The molecule has 6 heteroatoms. The molecule has 1 aromatic rings. The van der Waals surface area contributed by atoms with Crippen molar-refractivity contribution >= 4 is 11.9 Å². The van der Waals surface area contributed by atoms with Gasteiger partial charge in [-0.05, 0) is 56.2 Å². The van der Waals surface area contributed by atoms with Gasteiger partial charge in [0.05, 0.1) is 19.1 Å². The van der Waals surface area contributed by atoms with Gasteiger partial charge < -0.3 is 19.4 Å². The third-order valence-electron chi connectivity index (χ3n) is 6.95. The standard InChI is InChI=1S/C24H35N3O3/c1-30-21-12-10-19(11-13-21)22-9-3-2-4-17-27(22)23(28)20-8-7-16-26(18-20)24(29)25-14-5-6-15-25/h10-13,20,22H,2-9,14-18H2,1H3. The van der Waals surface area contributed by atoms with Crippen LogP contribution in [0, 0.1) is 5.92 Å². The van der Waals surface area contributed by atoms with E-state index < -0.39 is 0 Å². The van der Waals surface area contributed by atoms with Crippen molar-refractivity contribution in [1.82, 2.24) is 14.7 Å². The third-order valence-corrected chi connectivity index (χ3v) is 6.95. The molecule has 1 aromatic carbocycles. The van der Waals surface area contributed by atoms with Crippen LogP contribution >= 0.6 is 0 Å². The fourth-order valence-electron chi connectivity index (χ4n) is 5.24. The molecule has 2 atom stereocenters. The molecule has 2 unspecified atom stereocenters. The van der Waals surface area contributed by atoms with Crippen LogP contribution in [0.5, 0.6) is 5.75 Å². The minimum atomic E-state index is -0.0795. The summed E-state index contributed by atoms with van der Waals surface area (Å²) in [7, 11) is 1.68. The number of piperidine rings is 1. The molecule has 3 aliphatic heterocycles. The highest BCUT2D eigenvalue weighted by atomic mass is 16.5. The zero-order valence-electron chi connectivity index (χ0n) is 18.2. The fraction of sp³-hybridized carbons (Fsp3) is 0.667. The van der Waals surface area contributed by atoms with Crippen molar-refractivity contribution in [2.45, 2.75) is 57.4 Å². The Morgan fingerprint density at radius 2 is 1.53 bits per heavy atom. The van der Waals surface area contributed by atoms with Crippen LogP contribution in [0.4, 0.5) is 4.79 Å². The van der Waals surface area contributed by atoms with E-state index in [1.54, 1.807) is 7.11 Å². The zero-order chi connectivity index (χ0) is 20.9. The SMILES string of the molecule is COc1ccc(C2CCCCCN2C(=O)C2CCCN(C(=O)N3CCCC3)C2)cc1. The predicted molar refractivity (Wildman–Crippen MR) is 116 cm³/mol. The number of amides is 3. The Morgan fingerprint density at radius 3 is 2.27 bits per heavy atom. The van der Waals surface area contributed by atoms with Crippen molar-refractivity contribution in [1.29, 1.82) is 0 Å². The summed E-state index contributed by atoms with van der Waals surface area (Å²) in [4.78, 5) is 32.5. The Labute approximate surface area is 180 Å². The van der Waals surface area contributed by atoms with E-state index in [-0.39, 0.29) is 23.9 Å². The predicted octanol–water partition coefficient (Wildman–Crippen LogP) is 4.07. The molecular formula is C24H35N3O3. The molecule has 0 aliphatic carbocycles. The Balaban J connectivity index is 1.47. The number of rotatable bonds is 3. The number of hydrogen-bond acceptors (Lipinski definition) is 3. The normalized spacial score (nSPS) is 25.2. The molecule has 3 saturated heterocycles. The highest BCUT2D eigenvalue weighted by Gasteiger charge is 2.36. The summed E-state index contributed by atoms with van der Waals surface area (Å²) < 4.78 is 5.31. The van der Waals surface area contributed by atoms with E-state index >= 15 is 0 Å². The van der Waals surface area contributed by atoms with Crippen molar-refractivity contribution in [2.75, 3.05) is 39.8 Å². The zero-order valence-corrected chi connectivity index (χ0v) is 18.2. The Morgan fingerprint density at radius 1 is 0.833 bits per heavy atom. The first-order chi connectivity index (χ1) is 14.7. The quantitative estimate of drug-likeness (QED) is 0.751. The van der Waals surface area contributed by atoms with Crippen molar-refractivity contribution in [3.05, 3.63) is 29.8 Å². The second kappa shape index (κ2) is 9.71. The summed E-state index contributed by atoms with van der Waals surface area (Å²) in [6.45, 7) is 3.88. The molecule has 4 rings (SSSR count). The second-order valence-corrected chi connectivity index (χ2v) is 8.93. The minimum Gasteiger partial charge on any atom is -0.497 e. The molecule has 164 valence electrons. The van der Waals surface area contributed by atoms with E-state index in [0.29, 0.717) is 6.54 Å². The Bertz CT molecular complexity index is 730. The molecule has 0 radical (unpaired) electrons. The van der Waals surface area contributed by atoms with Gasteiger partial charge in [-0.15, -0.1) is 0 Å². The summed E-state index contributed by atoms with van der Waals surface area (Å²) in [5.41, 5.74) is 1.19. The molecule has 30 heavy (non-hydrogen) atoms. The molecule has 0 spiro atoms. The van der Waals surface area contributed by atoms with Gasteiger partial charge in [-0.25, -0.2) is 4.79 Å². The van der Waals surface area contributed by atoms with Crippen LogP contribution in [0.25, 0.3) is 0 Å². The average Bonchev–Trinajstić information content (AvgIpc) is 3.23. The van der Waals surface area contributed by atoms with Crippen LogP contribution in [-0.2, 0) is 4.79 Å². The molecule has 3 amide bonds. The lowest BCUT2D eigenvalue weighted by atomic mass is 9.94. The first-order valence-corrected chi connectivity index (χ1v) is 11.7. The first kappa shape index (κ1) is 21.0. The highest BCUT2D eigenvalue weighted by molar-refractivity contribution is 5.81. The van der Waals surface area contributed by atoms with E-state index in [1.165, 1.54) is 12.0 Å². The monoisotopic (exact) mass is 413 g/mol. The number of urea groups is 1. The summed E-state index contributed by atoms with van der Waals surface area (Å²) in [5.74, 6) is 0.995. The van der Waals surface area contributed by atoms with Gasteiger partial charge in [0, 0.05) is 32.7 Å². The molecule has 3 heterocycles.